The summed E-state index contributed by atoms with van der Waals surface area (Å²) in [4.78, 5) is 72.8. The highest BCUT2D eigenvalue weighted by Gasteiger charge is 2.30. The van der Waals surface area contributed by atoms with Crippen molar-refractivity contribution in [1.29, 1.82) is 0 Å². The van der Waals surface area contributed by atoms with Gasteiger partial charge in [-0.3, -0.25) is 37.3 Å². The van der Waals surface area contributed by atoms with Gasteiger partial charge in [-0.2, -0.15) is 0 Å². The molecule has 0 aromatic rings. The molecule has 566 valence electrons. The third-order valence-electron chi connectivity index (χ3n) is 17.3. The summed E-state index contributed by atoms with van der Waals surface area (Å²) >= 11 is 0. The number of hydrogen-bond donors (Lipinski definition) is 3. The molecule has 0 saturated carbocycles. The first kappa shape index (κ1) is 93.5. The lowest BCUT2D eigenvalue weighted by Crippen LogP contribution is -2.30. The highest BCUT2D eigenvalue weighted by Crippen LogP contribution is 2.45. The van der Waals surface area contributed by atoms with Crippen LogP contribution in [0.3, 0.4) is 0 Å². The second kappa shape index (κ2) is 68.3. The van der Waals surface area contributed by atoms with E-state index in [4.69, 9.17) is 37.0 Å². The van der Waals surface area contributed by atoms with Crippen LogP contribution < -0.4 is 0 Å². The SMILES string of the molecule is CCCCCC/C=C\C=C/CCCCCCCC(=O)OC[C@H](COP(=O)(O)OC[C@@H](O)COP(=O)(O)OC[C@@H](COC(=O)CCCCCCCCCCC(C)C)OC(=O)CCCCCCCCCCC(C)C)OC(=O)CCCCCCCCCCCCCCCCCCCCC. The Morgan fingerprint density at radius 1 is 0.323 bits per heavy atom. The summed E-state index contributed by atoms with van der Waals surface area (Å²) in [5, 5.41) is 10.6. The molecule has 5 atom stereocenters. The number of carbonyl (C=O) groups is 4. The van der Waals surface area contributed by atoms with E-state index in [0.717, 1.165) is 115 Å². The Kier molecular flexibility index (Phi) is 66.6. The zero-order valence-corrected chi connectivity index (χ0v) is 63.9. The van der Waals surface area contributed by atoms with Gasteiger partial charge in [-0.15, -0.1) is 0 Å². The van der Waals surface area contributed by atoms with Crippen LogP contribution in [0.5, 0.6) is 0 Å². The van der Waals surface area contributed by atoms with Gasteiger partial charge in [-0.05, 0) is 63.2 Å². The van der Waals surface area contributed by atoms with Crippen molar-refractivity contribution in [2.24, 2.45) is 11.8 Å². The number of carbonyl (C=O) groups excluding carboxylic acids is 4. The molecular weight excluding hydrogens is 1260 g/mol. The zero-order chi connectivity index (χ0) is 70.7. The van der Waals surface area contributed by atoms with Crippen molar-refractivity contribution in [1.82, 2.24) is 0 Å². The first-order valence-electron chi connectivity index (χ1n) is 39.3. The molecule has 0 aromatic heterocycles. The Hall–Kier alpha value is -2.46. The summed E-state index contributed by atoms with van der Waals surface area (Å²) < 4.78 is 68.5. The number of allylic oxidation sites excluding steroid dienone is 4. The number of esters is 4. The standard InChI is InChI=1S/C77H146O17P2/c1-7-9-11-13-15-17-19-21-23-24-25-26-28-30-32-34-43-49-55-61-76(81)93-72(65-87-74(79)59-53-47-41-33-31-29-27-22-20-18-16-14-12-10-8-2)67-91-95(83,84)89-63-71(78)64-90-96(85,86)92-68-73(94-77(82)62-56-50-44-38-36-40-46-52-58-70(5)6)66-88-75(80)60-54-48-42-37-35-39-45-51-57-69(3)4/h18,20,22,27,69-73,78H,7-17,19,21,23-26,28-68H2,1-6H3,(H,83,84)(H,85,86)/b20-18-,27-22-/t71-,72-,73-/m1/s1. The average Bonchev–Trinajstić information content (AvgIpc) is 1.13. The molecule has 0 heterocycles. The van der Waals surface area contributed by atoms with Crippen LogP contribution in [0.15, 0.2) is 24.3 Å². The molecule has 0 saturated heterocycles. The van der Waals surface area contributed by atoms with E-state index in [1.807, 2.05) is 0 Å². The summed E-state index contributed by atoms with van der Waals surface area (Å²) in [7, 11) is -9.92. The molecule has 0 spiro atoms. The summed E-state index contributed by atoms with van der Waals surface area (Å²) in [6, 6.07) is 0. The van der Waals surface area contributed by atoms with E-state index in [2.05, 4.69) is 65.8 Å². The summed E-state index contributed by atoms with van der Waals surface area (Å²) in [5.41, 5.74) is 0. The normalized spacial score (nSPS) is 14.2. The maximum absolute atomic E-state index is 13.1. The van der Waals surface area contributed by atoms with E-state index < -0.39 is 97.5 Å². The van der Waals surface area contributed by atoms with E-state index in [0.29, 0.717) is 31.6 Å². The van der Waals surface area contributed by atoms with Gasteiger partial charge in [0.15, 0.2) is 12.2 Å². The van der Waals surface area contributed by atoms with Crippen molar-refractivity contribution in [2.75, 3.05) is 39.6 Å². The molecule has 0 amide bonds. The third kappa shape index (κ3) is 70.0. The molecule has 0 aromatic carbocycles. The van der Waals surface area contributed by atoms with E-state index >= 15 is 0 Å². The lowest BCUT2D eigenvalue weighted by atomic mass is 10.0. The predicted octanol–water partition coefficient (Wildman–Crippen LogP) is 22.3. The highest BCUT2D eigenvalue weighted by molar-refractivity contribution is 7.47. The van der Waals surface area contributed by atoms with Gasteiger partial charge < -0.3 is 33.8 Å². The minimum absolute atomic E-state index is 0.101. The van der Waals surface area contributed by atoms with Crippen LogP contribution in [0.1, 0.15) is 375 Å². The molecule has 0 radical (unpaired) electrons. The van der Waals surface area contributed by atoms with Crippen molar-refractivity contribution in [3.8, 4) is 0 Å². The monoisotopic (exact) mass is 1410 g/mol. The van der Waals surface area contributed by atoms with Crippen LogP contribution in [-0.2, 0) is 65.4 Å². The molecule has 0 rings (SSSR count). The van der Waals surface area contributed by atoms with Crippen molar-refractivity contribution in [2.45, 2.75) is 394 Å². The van der Waals surface area contributed by atoms with Gasteiger partial charge >= 0.3 is 39.5 Å². The van der Waals surface area contributed by atoms with E-state index in [1.54, 1.807) is 0 Å². The van der Waals surface area contributed by atoms with E-state index in [1.165, 1.54) is 173 Å². The van der Waals surface area contributed by atoms with Crippen LogP contribution in [0.2, 0.25) is 0 Å². The maximum atomic E-state index is 13.1. The minimum Gasteiger partial charge on any atom is -0.462 e. The molecule has 0 aliphatic rings. The van der Waals surface area contributed by atoms with Crippen LogP contribution in [0.25, 0.3) is 0 Å². The van der Waals surface area contributed by atoms with Gasteiger partial charge in [0.05, 0.1) is 26.4 Å². The van der Waals surface area contributed by atoms with Crippen molar-refractivity contribution in [3.63, 3.8) is 0 Å². The molecular formula is C77H146O17P2. The first-order chi connectivity index (χ1) is 46.4. The molecule has 2 unspecified atom stereocenters. The zero-order valence-electron chi connectivity index (χ0n) is 62.2. The number of unbranched alkanes of at least 4 members (excludes halogenated alkanes) is 41. The van der Waals surface area contributed by atoms with Gasteiger partial charge in [-0.1, -0.05) is 323 Å². The van der Waals surface area contributed by atoms with E-state index in [9.17, 15) is 43.2 Å². The van der Waals surface area contributed by atoms with Crippen LogP contribution >= 0.6 is 15.6 Å². The Balaban J connectivity index is 5.27. The Labute approximate surface area is 586 Å². The van der Waals surface area contributed by atoms with Crippen molar-refractivity contribution < 1.29 is 80.2 Å². The number of ether oxygens (including phenoxy) is 4. The fourth-order valence-corrected chi connectivity index (χ4v) is 12.9. The number of aliphatic hydroxyl groups is 1. The second-order valence-corrected chi connectivity index (χ2v) is 30.9. The van der Waals surface area contributed by atoms with Gasteiger partial charge in [-0.25, -0.2) is 9.13 Å². The third-order valence-corrected chi connectivity index (χ3v) is 19.2. The Bertz CT molecular complexity index is 1950. The number of phosphoric ester groups is 2. The smallest absolute Gasteiger partial charge is 0.462 e. The van der Waals surface area contributed by atoms with Crippen molar-refractivity contribution in [3.05, 3.63) is 24.3 Å². The summed E-state index contributed by atoms with van der Waals surface area (Å²) in [6.45, 7) is 9.45. The predicted molar refractivity (Wildman–Crippen MR) is 391 cm³/mol. The largest absolute Gasteiger partial charge is 0.472 e. The summed E-state index contributed by atoms with van der Waals surface area (Å²) in [6.07, 6.45) is 59.2. The molecule has 17 nitrogen and oxygen atoms in total. The maximum Gasteiger partial charge on any atom is 0.472 e. The fourth-order valence-electron chi connectivity index (χ4n) is 11.3. The molecule has 0 fully saturated rings. The van der Waals surface area contributed by atoms with E-state index in [-0.39, 0.29) is 25.7 Å². The highest BCUT2D eigenvalue weighted by atomic mass is 31.2. The number of hydrogen-bond acceptors (Lipinski definition) is 15. The summed E-state index contributed by atoms with van der Waals surface area (Å²) in [5.74, 6) is -0.706. The van der Waals surface area contributed by atoms with Crippen LogP contribution in [0.4, 0.5) is 0 Å². The molecule has 19 heteroatoms. The molecule has 0 bridgehead atoms. The molecule has 0 aliphatic heterocycles. The van der Waals surface area contributed by atoms with Gasteiger partial charge in [0.1, 0.15) is 19.3 Å². The first-order valence-corrected chi connectivity index (χ1v) is 42.3. The van der Waals surface area contributed by atoms with Crippen LogP contribution in [0, 0.1) is 11.8 Å². The fraction of sp³-hybridized carbons (Fsp3) is 0.896. The lowest BCUT2D eigenvalue weighted by Gasteiger charge is -2.21. The number of phosphoric acid groups is 2. The average molecular weight is 1410 g/mol. The number of aliphatic hydroxyl groups excluding tert-OH is 1. The second-order valence-electron chi connectivity index (χ2n) is 28.0. The van der Waals surface area contributed by atoms with Crippen LogP contribution in [-0.4, -0.2) is 96.7 Å². The quantitative estimate of drug-likeness (QED) is 0.0169. The molecule has 0 aliphatic carbocycles. The van der Waals surface area contributed by atoms with Gasteiger partial charge in [0.2, 0.25) is 0 Å². The minimum atomic E-state index is -4.97. The van der Waals surface area contributed by atoms with Crippen molar-refractivity contribution >= 4 is 39.5 Å². The number of rotatable bonds is 74. The lowest BCUT2D eigenvalue weighted by molar-refractivity contribution is -0.161. The van der Waals surface area contributed by atoms with Gasteiger partial charge in [0.25, 0.3) is 0 Å². The molecule has 96 heavy (non-hydrogen) atoms. The Morgan fingerprint density at radius 2 is 0.562 bits per heavy atom. The Morgan fingerprint density at radius 3 is 0.854 bits per heavy atom. The topological polar surface area (TPSA) is 237 Å². The van der Waals surface area contributed by atoms with Gasteiger partial charge in [0, 0.05) is 25.7 Å². The molecule has 3 N–H and O–H groups in total.